The highest BCUT2D eigenvalue weighted by Gasteiger charge is 2.13. The van der Waals surface area contributed by atoms with Gasteiger partial charge in [0.25, 0.3) is 6.43 Å². The molecule has 0 aromatic heterocycles. The van der Waals surface area contributed by atoms with Crippen molar-refractivity contribution in [3.8, 4) is 0 Å². The number of benzene rings is 1. The number of alkyl halides is 2. The van der Waals surface area contributed by atoms with Gasteiger partial charge in [0, 0.05) is 5.56 Å². The monoisotopic (exact) mass is 201 g/mol. The summed E-state index contributed by atoms with van der Waals surface area (Å²) in [6.07, 6.45) is -3.15. The van der Waals surface area contributed by atoms with E-state index in [9.17, 15) is 13.9 Å². The second-order valence-electron chi connectivity index (χ2n) is 3.23. The average molecular weight is 201 g/mol. The third kappa shape index (κ3) is 2.49. The summed E-state index contributed by atoms with van der Waals surface area (Å²) >= 11 is 0. The molecule has 0 spiro atoms. The zero-order valence-corrected chi connectivity index (χ0v) is 7.82. The Bertz CT molecular complexity index is 285. The van der Waals surface area contributed by atoms with Crippen LogP contribution < -0.4 is 5.73 Å². The highest BCUT2D eigenvalue weighted by molar-refractivity contribution is 5.26. The van der Waals surface area contributed by atoms with Gasteiger partial charge in [-0.05, 0) is 12.5 Å². The predicted molar refractivity (Wildman–Crippen MR) is 50.0 cm³/mol. The minimum Gasteiger partial charge on any atom is -0.391 e. The Kier molecular flexibility index (Phi) is 3.55. The van der Waals surface area contributed by atoms with Crippen LogP contribution >= 0.6 is 0 Å². The summed E-state index contributed by atoms with van der Waals surface area (Å²) in [4.78, 5) is 0. The smallest absolute Gasteiger partial charge is 0.263 e. The van der Waals surface area contributed by atoms with Crippen molar-refractivity contribution < 1.29 is 13.9 Å². The number of halogens is 2. The maximum absolute atomic E-state index is 12.2. The lowest BCUT2D eigenvalue weighted by molar-refractivity contribution is 0.151. The SMILES string of the molecule is C[C@H](O)[C@@H](N)c1ccc(C(F)F)cc1. The Morgan fingerprint density at radius 3 is 1.93 bits per heavy atom. The van der Waals surface area contributed by atoms with E-state index in [2.05, 4.69) is 0 Å². The van der Waals surface area contributed by atoms with Crippen LogP contribution in [0.4, 0.5) is 8.78 Å². The van der Waals surface area contributed by atoms with Gasteiger partial charge in [0.05, 0.1) is 12.1 Å². The number of rotatable bonds is 3. The van der Waals surface area contributed by atoms with E-state index >= 15 is 0 Å². The molecule has 0 bridgehead atoms. The molecule has 1 aromatic rings. The van der Waals surface area contributed by atoms with Gasteiger partial charge in [-0.25, -0.2) is 8.78 Å². The average Bonchev–Trinajstić information content (AvgIpc) is 2.16. The molecule has 14 heavy (non-hydrogen) atoms. The highest BCUT2D eigenvalue weighted by Crippen LogP contribution is 2.21. The standard InChI is InChI=1S/C10H13F2NO/c1-6(14)9(13)7-2-4-8(5-3-7)10(11)12/h2-6,9-10,14H,13H2,1H3/t6-,9+/m0/s1. The normalized spacial score (nSPS) is 15.6. The summed E-state index contributed by atoms with van der Waals surface area (Å²) in [7, 11) is 0. The lowest BCUT2D eigenvalue weighted by Crippen LogP contribution is -2.22. The van der Waals surface area contributed by atoms with Crippen LogP contribution in [0.25, 0.3) is 0 Å². The van der Waals surface area contributed by atoms with Gasteiger partial charge in [-0.2, -0.15) is 0 Å². The zero-order valence-electron chi connectivity index (χ0n) is 7.82. The molecule has 0 amide bonds. The Morgan fingerprint density at radius 2 is 1.57 bits per heavy atom. The molecule has 3 N–H and O–H groups in total. The second kappa shape index (κ2) is 4.48. The van der Waals surface area contributed by atoms with Gasteiger partial charge < -0.3 is 10.8 Å². The molecule has 1 aromatic carbocycles. The maximum Gasteiger partial charge on any atom is 0.263 e. The summed E-state index contributed by atoms with van der Waals surface area (Å²) in [6, 6.07) is 5.14. The van der Waals surface area contributed by atoms with Crippen LogP contribution in [0.15, 0.2) is 24.3 Å². The minimum atomic E-state index is -2.47. The quantitative estimate of drug-likeness (QED) is 0.785. The topological polar surface area (TPSA) is 46.2 Å². The van der Waals surface area contributed by atoms with E-state index in [0.29, 0.717) is 5.56 Å². The maximum atomic E-state index is 12.2. The van der Waals surface area contributed by atoms with Crippen molar-refractivity contribution in [3.63, 3.8) is 0 Å². The van der Waals surface area contributed by atoms with Gasteiger partial charge in [0.1, 0.15) is 0 Å². The van der Waals surface area contributed by atoms with Crippen molar-refractivity contribution in [2.45, 2.75) is 25.5 Å². The summed E-state index contributed by atoms with van der Waals surface area (Å²) in [5.74, 6) is 0. The summed E-state index contributed by atoms with van der Waals surface area (Å²) in [6.45, 7) is 1.56. The fourth-order valence-corrected chi connectivity index (χ4v) is 1.14. The van der Waals surface area contributed by atoms with E-state index in [1.807, 2.05) is 0 Å². The molecule has 2 nitrogen and oxygen atoms in total. The summed E-state index contributed by atoms with van der Waals surface area (Å²) in [5, 5.41) is 9.18. The summed E-state index contributed by atoms with van der Waals surface area (Å²) in [5.41, 5.74) is 6.25. The third-order valence-corrected chi connectivity index (χ3v) is 2.09. The molecular formula is C10H13F2NO. The van der Waals surface area contributed by atoms with E-state index < -0.39 is 18.6 Å². The Hall–Kier alpha value is -1.00. The largest absolute Gasteiger partial charge is 0.391 e. The number of hydrogen-bond acceptors (Lipinski definition) is 2. The molecule has 0 saturated carbocycles. The zero-order chi connectivity index (χ0) is 10.7. The number of nitrogens with two attached hydrogens (primary N) is 1. The fraction of sp³-hybridized carbons (Fsp3) is 0.400. The number of aliphatic hydroxyl groups is 1. The first-order valence-electron chi connectivity index (χ1n) is 4.34. The lowest BCUT2D eigenvalue weighted by Gasteiger charge is -2.15. The molecule has 0 fully saturated rings. The van der Waals surface area contributed by atoms with Gasteiger partial charge in [0.2, 0.25) is 0 Å². The van der Waals surface area contributed by atoms with E-state index in [1.165, 1.54) is 24.3 Å². The molecule has 0 saturated heterocycles. The first kappa shape index (κ1) is 11.1. The molecule has 4 heteroatoms. The van der Waals surface area contributed by atoms with Gasteiger partial charge in [-0.3, -0.25) is 0 Å². The Balaban J connectivity index is 2.83. The first-order valence-corrected chi connectivity index (χ1v) is 4.34. The minimum absolute atomic E-state index is 0.0356. The van der Waals surface area contributed by atoms with E-state index in [4.69, 9.17) is 5.73 Å². The number of aliphatic hydroxyl groups excluding tert-OH is 1. The van der Waals surface area contributed by atoms with Crippen molar-refractivity contribution in [1.29, 1.82) is 0 Å². The first-order chi connectivity index (χ1) is 6.52. The van der Waals surface area contributed by atoms with Crippen molar-refractivity contribution in [3.05, 3.63) is 35.4 Å². The van der Waals surface area contributed by atoms with Crippen LogP contribution in [0.5, 0.6) is 0 Å². The van der Waals surface area contributed by atoms with Crippen molar-refractivity contribution in [1.82, 2.24) is 0 Å². The van der Waals surface area contributed by atoms with E-state index in [1.54, 1.807) is 6.92 Å². The van der Waals surface area contributed by atoms with Gasteiger partial charge >= 0.3 is 0 Å². The van der Waals surface area contributed by atoms with Gasteiger partial charge in [0.15, 0.2) is 0 Å². The van der Waals surface area contributed by atoms with E-state index in [0.717, 1.165) is 0 Å². The van der Waals surface area contributed by atoms with Crippen LogP contribution in [0, 0.1) is 0 Å². The molecular weight excluding hydrogens is 188 g/mol. The predicted octanol–water partition coefficient (Wildman–Crippen LogP) is 2.00. The molecule has 78 valence electrons. The van der Waals surface area contributed by atoms with Crippen molar-refractivity contribution >= 4 is 0 Å². The van der Waals surface area contributed by atoms with Crippen LogP contribution in [0.1, 0.15) is 30.5 Å². The number of hydrogen-bond donors (Lipinski definition) is 2. The fourth-order valence-electron chi connectivity index (χ4n) is 1.14. The van der Waals surface area contributed by atoms with Gasteiger partial charge in [-0.15, -0.1) is 0 Å². The molecule has 2 atom stereocenters. The molecule has 0 aliphatic rings. The summed E-state index contributed by atoms with van der Waals surface area (Å²) < 4.78 is 24.4. The lowest BCUT2D eigenvalue weighted by atomic mass is 10.0. The van der Waals surface area contributed by atoms with Crippen LogP contribution in [0.3, 0.4) is 0 Å². The Morgan fingerprint density at radius 1 is 1.14 bits per heavy atom. The Labute approximate surface area is 81.4 Å². The highest BCUT2D eigenvalue weighted by atomic mass is 19.3. The van der Waals surface area contributed by atoms with E-state index in [-0.39, 0.29) is 5.56 Å². The van der Waals surface area contributed by atoms with Crippen molar-refractivity contribution in [2.24, 2.45) is 5.73 Å². The van der Waals surface area contributed by atoms with Crippen LogP contribution in [-0.4, -0.2) is 11.2 Å². The molecule has 0 heterocycles. The molecule has 0 aliphatic carbocycles. The third-order valence-electron chi connectivity index (χ3n) is 2.09. The van der Waals surface area contributed by atoms with Crippen LogP contribution in [-0.2, 0) is 0 Å². The molecule has 0 aliphatic heterocycles. The van der Waals surface area contributed by atoms with Crippen LogP contribution in [0.2, 0.25) is 0 Å². The second-order valence-corrected chi connectivity index (χ2v) is 3.23. The van der Waals surface area contributed by atoms with Gasteiger partial charge in [-0.1, -0.05) is 24.3 Å². The molecule has 0 unspecified atom stereocenters. The van der Waals surface area contributed by atoms with Crippen molar-refractivity contribution in [2.75, 3.05) is 0 Å². The molecule has 0 radical (unpaired) electrons. The molecule has 1 rings (SSSR count).